The Morgan fingerprint density at radius 3 is 2.15 bits per heavy atom. The van der Waals surface area contributed by atoms with Crippen LogP contribution in [0.2, 0.25) is 0 Å². The van der Waals surface area contributed by atoms with E-state index in [4.69, 9.17) is 0 Å². The minimum atomic E-state index is 0.980. The molecule has 0 spiro atoms. The summed E-state index contributed by atoms with van der Waals surface area (Å²) < 4.78 is 0. The second-order valence-electron chi connectivity index (χ2n) is 5.31. The molecule has 1 nitrogen and oxygen atoms in total. The van der Waals surface area contributed by atoms with Crippen molar-refractivity contribution in [3.63, 3.8) is 0 Å². The summed E-state index contributed by atoms with van der Waals surface area (Å²) in [4.78, 5) is 0. The quantitative estimate of drug-likeness (QED) is 0.715. The summed E-state index contributed by atoms with van der Waals surface area (Å²) in [6, 6.07) is 22.0. The van der Waals surface area contributed by atoms with E-state index in [1.54, 1.807) is 0 Å². The number of fused-ring (bicyclic) bond motifs is 1. The molecule has 0 heterocycles. The molecule has 3 rings (SSSR count). The molecule has 0 unspecified atom stereocenters. The maximum absolute atomic E-state index is 3.15. The Morgan fingerprint density at radius 2 is 1.40 bits per heavy atom. The van der Waals surface area contributed by atoms with Crippen LogP contribution in [-0.2, 0) is 6.42 Å². The predicted octanol–water partition coefficient (Wildman–Crippen LogP) is 4.78. The first-order valence-corrected chi connectivity index (χ1v) is 7.00. The molecule has 1 N–H and O–H groups in total. The van der Waals surface area contributed by atoms with Crippen molar-refractivity contribution in [3.05, 3.63) is 77.4 Å². The van der Waals surface area contributed by atoms with Gasteiger partial charge in [-0.05, 0) is 47.4 Å². The van der Waals surface area contributed by atoms with Crippen LogP contribution in [0.25, 0.3) is 10.8 Å². The lowest BCUT2D eigenvalue weighted by atomic mass is 10.00. The topological polar surface area (TPSA) is 12.0 Å². The number of hydrogen-bond acceptors (Lipinski definition) is 1. The zero-order valence-corrected chi connectivity index (χ0v) is 12.0. The van der Waals surface area contributed by atoms with E-state index in [-0.39, 0.29) is 0 Å². The Labute approximate surface area is 120 Å². The lowest BCUT2D eigenvalue weighted by Crippen LogP contribution is -1.91. The molecule has 3 aromatic rings. The molecule has 0 atom stereocenters. The molecule has 0 aliphatic heterocycles. The molecular weight excluding hydrogens is 242 g/mol. The summed E-state index contributed by atoms with van der Waals surface area (Å²) in [7, 11) is 1.94. The van der Waals surface area contributed by atoms with E-state index >= 15 is 0 Å². The molecule has 20 heavy (non-hydrogen) atoms. The van der Waals surface area contributed by atoms with Gasteiger partial charge in [-0.3, -0.25) is 0 Å². The third-order valence-corrected chi connectivity index (χ3v) is 3.71. The van der Waals surface area contributed by atoms with Gasteiger partial charge in [0.2, 0.25) is 0 Å². The average molecular weight is 261 g/mol. The Balaban J connectivity index is 1.88. The highest BCUT2D eigenvalue weighted by atomic mass is 14.8. The zero-order valence-electron chi connectivity index (χ0n) is 12.0. The zero-order chi connectivity index (χ0) is 13.9. The van der Waals surface area contributed by atoms with Gasteiger partial charge < -0.3 is 5.32 Å². The molecule has 0 aliphatic carbocycles. The van der Waals surface area contributed by atoms with Gasteiger partial charge in [0.05, 0.1) is 0 Å². The molecule has 0 fully saturated rings. The van der Waals surface area contributed by atoms with E-state index in [1.807, 2.05) is 7.05 Å². The smallest absolute Gasteiger partial charge is 0.0337 e. The van der Waals surface area contributed by atoms with E-state index in [0.29, 0.717) is 0 Å². The molecule has 0 bridgehead atoms. The molecule has 0 radical (unpaired) electrons. The maximum atomic E-state index is 3.15. The standard InChI is InChI=1S/C19H19N/c1-14-3-7-18-13-16(4-8-17(18)11-14)12-15-5-9-19(20-2)10-6-15/h3-11,13,20H,12H2,1-2H3. The number of benzene rings is 3. The van der Waals surface area contributed by atoms with Crippen LogP contribution in [0.5, 0.6) is 0 Å². The largest absolute Gasteiger partial charge is 0.388 e. The van der Waals surface area contributed by atoms with Crippen molar-refractivity contribution in [2.24, 2.45) is 0 Å². The van der Waals surface area contributed by atoms with Crippen LogP contribution in [-0.4, -0.2) is 7.05 Å². The molecular formula is C19H19N. The van der Waals surface area contributed by atoms with Gasteiger partial charge in [-0.15, -0.1) is 0 Å². The SMILES string of the molecule is CNc1ccc(Cc2ccc3cc(C)ccc3c2)cc1. The van der Waals surface area contributed by atoms with Gasteiger partial charge in [0.1, 0.15) is 0 Å². The second kappa shape index (κ2) is 5.38. The fourth-order valence-corrected chi connectivity index (χ4v) is 2.55. The van der Waals surface area contributed by atoms with Crippen molar-refractivity contribution in [2.45, 2.75) is 13.3 Å². The summed E-state index contributed by atoms with van der Waals surface area (Å²) in [5, 5.41) is 5.79. The van der Waals surface area contributed by atoms with Crippen molar-refractivity contribution >= 4 is 16.5 Å². The molecule has 1 heteroatoms. The van der Waals surface area contributed by atoms with Crippen LogP contribution < -0.4 is 5.32 Å². The first kappa shape index (κ1) is 12.7. The minimum absolute atomic E-state index is 0.980. The van der Waals surface area contributed by atoms with Crippen LogP contribution in [0, 0.1) is 6.92 Å². The first-order valence-electron chi connectivity index (χ1n) is 7.00. The van der Waals surface area contributed by atoms with Gasteiger partial charge in [0.25, 0.3) is 0 Å². The maximum Gasteiger partial charge on any atom is 0.0337 e. The Kier molecular flexibility index (Phi) is 3.42. The molecule has 0 aliphatic rings. The van der Waals surface area contributed by atoms with Crippen LogP contribution in [0.4, 0.5) is 5.69 Å². The van der Waals surface area contributed by atoms with Crippen molar-refractivity contribution in [3.8, 4) is 0 Å². The Morgan fingerprint density at radius 1 is 0.750 bits per heavy atom. The van der Waals surface area contributed by atoms with E-state index in [1.165, 1.54) is 27.5 Å². The van der Waals surface area contributed by atoms with Crippen molar-refractivity contribution in [2.75, 3.05) is 12.4 Å². The van der Waals surface area contributed by atoms with Crippen LogP contribution in [0.15, 0.2) is 60.7 Å². The fourth-order valence-electron chi connectivity index (χ4n) is 2.55. The summed E-state index contributed by atoms with van der Waals surface area (Å²) >= 11 is 0. The van der Waals surface area contributed by atoms with Gasteiger partial charge in [-0.25, -0.2) is 0 Å². The number of hydrogen-bond donors (Lipinski definition) is 1. The number of rotatable bonds is 3. The normalized spacial score (nSPS) is 10.7. The monoisotopic (exact) mass is 261 g/mol. The van der Waals surface area contributed by atoms with E-state index in [9.17, 15) is 0 Å². The summed E-state index contributed by atoms with van der Waals surface area (Å²) in [5.74, 6) is 0. The van der Waals surface area contributed by atoms with Gasteiger partial charge >= 0.3 is 0 Å². The molecule has 0 amide bonds. The highest BCUT2D eigenvalue weighted by Crippen LogP contribution is 2.20. The molecule has 0 saturated heterocycles. The van der Waals surface area contributed by atoms with Gasteiger partial charge in [-0.1, -0.05) is 54.1 Å². The lowest BCUT2D eigenvalue weighted by Gasteiger charge is -2.06. The van der Waals surface area contributed by atoms with Crippen LogP contribution in [0.3, 0.4) is 0 Å². The molecule has 3 aromatic carbocycles. The van der Waals surface area contributed by atoms with Crippen molar-refractivity contribution in [1.82, 2.24) is 0 Å². The number of anilines is 1. The summed E-state index contributed by atoms with van der Waals surface area (Å²) in [6.45, 7) is 2.14. The molecule has 0 saturated carbocycles. The van der Waals surface area contributed by atoms with Gasteiger partial charge in [0, 0.05) is 12.7 Å². The van der Waals surface area contributed by atoms with Crippen LogP contribution >= 0.6 is 0 Å². The third-order valence-electron chi connectivity index (χ3n) is 3.71. The summed E-state index contributed by atoms with van der Waals surface area (Å²) in [6.07, 6.45) is 0.980. The van der Waals surface area contributed by atoms with E-state index in [0.717, 1.165) is 12.1 Å². The van der Waals surface area contributed by atoms with Gasteiger partial charge in [0.15, 0.2) is 0 Å². The van der Waals surface area contributed by atoms with Crippen molar-refractivity contribution in [1.29, 1.82) is 0 Å². The molecule has 100 valence electrons. The van der Waals surface area contributed by atoms with E-state index < -0.39 is 0 Å². The highest BCUT2D eigenvalue weighted by Gasteiger charge is 2.00. The van der Waals surface area contributed by atoms with Crippen LogP contribution in [0.1, 0.15) is 16.7 Å². The number of nitrogens with one attached hydrogen (secondary N) is 1. The lowest BCUT2D eigenvalue weighted by molar-refractivity contribution is 1.20. The minimum Gasteiger partial charge on any atom is -0.388 e. The second-order valence-corrected chi connectivity index (χ2v) is 5.31. The molecule has 0 aromatic heterocycles. The predicted molar refractivity (Wildman–Crippen MR) is 87.5 cm³/mol. The number of aryl methyl sites for hydroxylation is 1. The van der Waals surface area contributed by atoms with E-state index in [2.05, 4.69) is 72.9 Å². The highest BCUT2D eigenvalue weighted by molar-refractivity contribution is 5.83. The van der Waals surface area contributed by atoms with Crippen molar-refractivity contribution < 1.29 is 0 Å². The average Bonchev–Trinajstić information content (AvgIpc) is 2.48. The first-order chi connectivity index (χ1) is 9.74. The Bertz CT molecular complexity index is 726. The third kappa shape index (κ3) is 2.67. The fraction of sp³-hybridized carbons (Fsp3) is 0.158. The summed E-state index contributed by atoms with van der Waals surface area (Å²) in [5.41, 5.74) is 5.17. The van der Waals surface area contributed by atoms with Gasteiger partial charge in [-0.2, -0.15) is 0 Å². The Hall–Kier alpha value is -2.28.